The van der Waals surface area contributed by atoms with E-state index in [9.17, 15) is 18.3 Å². The van der Waals surface area contributed by atoms with Crippen molar-refractivity contribution >= 4 is 39.4 Å². The Hall–Kier alpha value is -3.10. The summed E-state index contributed by atoms with van der Waals surface area (Å²) in [7, 11) is -4.08. The maximum absolute atomic E-state index is 11.9. The lowest BCUT2D eigenvalue weighted by Gasteiger charge is -2.17. The summed E-state index contributed by atoms with van der Waals surface area (Å²) in [6.45, 7) is 4.24. The topological polar surface area (TPSA) is 107 Å². The second-order valence-electron chi connectivity index (χ2n) is 8.09. The van der Waals surface area contributed by atoms with Crippen LogP contribution in [-0.2, 0) is 15.5 Å². The molecular weight excluding hydrogens is 428 g/mol. The molecule has 0 aliphatic carbocycles. The molecule has 2 aromatic rings. The van der Waals surface area contributed by atoms with Crippen LogP contribution < -0.4 is 0 Å². The van der Waals surface area contributed by atoms with Crippen molar-refractivity contribution in [2.75, 3.05) is 12.3 Å². The molecule has 7 nitrogen and oxygen atoms in total. The molecule has 0 unspecified atom stereocenters. The quantitative estimate of drug-likeness (QED) is 0.331. The minimum absolute atomic E-state index is 0.207. The van der Waals surface area contributed by atoms with Crippen molar-refractivity contribution in [3.05, 3.63) is 71.8 Å². The highest BCUT2D eigenvalue weighted by Gasteiger charge is 2.46. The Morgan fingerprint density at radius 1 is 1.12 bits per heavy atom. The number of allylic oxidation sites excluding steroid dienone is 2. The Balaban J connectivity index is 1.92. The molecule has 1 aliphatic heterocycles. The molecule has 0 saturated carbocycles. The molecular formula is C24H27N2O5S+. The van der Waals surface area contributed by atoms with Gasteiger partial charge in [0.05, 0.1) is 28.0 Å². The number of carboxylic acid groups (broad SMARTS) is 1. The summed E-state index contributed by atoms with van der Waals surface area (Å²) in [6, 6.07) is 14.7. The molecule has 0 bridgehead atoms. The van der Waals surface area contributed by atoms with E-state index in [1.165, 1.54) is 0 Å². The summed E-state index contributed by atoms with van der Waals surface area (Å²) in [5.74, 6) is -1.37. The van der Waals surface area contributed by atoms with Gasteiger partial charge >= 0.3 is 5.97 Å². The van der Waals surface area contributed by atoms with E-state index in [1.54, 1.807) is 18.3 Å². The number of carboxylic acids is 1. The van der Waals surface area contributed by atoms with E-state index in [2.05, 4.69) is 4.99 Å². The standard InChI is InChI=1S/C24H26N2O5S/c1-24(2)21(14-6-7-15-25-18-10-4-3-5-11-18)26(16-9-17-32(29,30)31)20-13-8-12-19(22(20)24)23(27)28/h3-6,8,10-15H,7,9,16-17H2,1-2H3,(H-,27,28,29,30,31)/p+1. The summed E-state index contributed by atoms with van der Waals surface area (Å²) >= 11 is 0. The van der Waals surface area contributed by atoms with E-state index in [0.29, 0.717) is 18.5 Å². The molecule has 0 fully saturated rings. The van der Waals surface area contributed by atoms with Gasteiger partial charge in [-0.15, -0.1) is 0 Å². The van der Waals surface area contributed by atoms with E-state index in [4.69, 9.17) is 4.55 Å². The number of rotatable bonds is 9. The zero-order chi connectivity index (χ0) is 23.4. The number of aromatic carboxylic acids is 1. The van der Waals surface area contributed by atoms with Crippen molar-refractivity contribution < 1.29 is 27.4 Å². The minimum Gasteiger partial charge on any atom is -0.478 e. The number of hydrogen-bond donors (Lipinski definition) is 2. The highest BCUT2D eigenvalue weighted by molar-refractivity contribution is 7.85. The van der Waals surface area contributed by atoms with Crippen molar-refractivity contribution in [1.82, 2.24) is 0 Å². The maximum atomic E-state index is 11.9. The third kappa shape index (κ3) is 5.38. The third-order valence-electron chi connectivity index (χ3n) is 5.42. The largest absolute Gasteiger partial charge is 0.478 e. The summed E-state index contributed by atoms with van der Waals surface area (Å²) in [6.07, 6.45) is 6.47. The Kier molecular flexibility index (Phi) is 7.06. The summed E-state index contributed by atoms with van der Waals surface area (Å²) in [5, 5.41) is 9.72. The fourth-order valence-corrected chi connectivity index (χ4v) is 4.55. The van der Waals surface area contributed by atoms with Gasteiger partial charge in [-0.2, -0.15) is 13.0 Å². The number of carbonyl (C=O) groups is 1. The molecule has 0 amide bonds. The van der Waals surface area contributed by atoms with Gasteiger partial charge in [-0.25, -0.2) is 4.79 Å². The fraction of sp³-hybridized carbons (Fsp3) is 0.292. The van der Waals surface area contributed by atoms with Gasteiger partial charge in [0.15, 0.2) is 5.71 Å². The van der Waals surface area contributed by atoms with E-state index in [-0.39, 0.29) is 17.7 Å². The van der Waals surface area contributed by atoms with Gasteiger partial charge in [0.1, 0.15) is 6.54 Å². The van der Waals surface area contributed by atoms with Crippen molar-refractivity contribution in [2.45, 2.75) is 32.1 Å². The lowest BCUT2D eigenvalue weighted by atomic mass is 9.79. The molecule has 2 aromatic carbocycles. The van der Waals surface area contributed by atoms with Crippen LogP contribution in [0, 0.1) is 0 Å². The SMILES string of the molecule is CC1(C)C(C=CCC=Nc2ccccc2)=[N+](CCCS(=O)(=O)O)c2cccc(C(=O)O)c21. The lowest BCUT2D eigenvalue weighted by Crippen LogP contribution is -2.29. The summed E-state index contributed by atoms with van der Waals surface area (Å²) in [4.78, 5) is 16.3. The molecule has 8 heteroatoms. The van der Waals surface area contributed by atoms with Crippen molar-refractivity contribution in [3.63, 3.8) is 0 Å². The lowest BCUT2D eigenvalue weighted by molar-refractivity contribution is -0.437. The molecule has 32 heavy (non-hydrogen) atoms. The van der Waals surface area contributed by atoms with Gasteiger partial charge < -0.3 is 5.11 Å². The van der Waals surface area contributed by atoms with Crippen LogP contribution in [0.5, 0.6) is 0 Å². The molecule has 168 valence electrons. The van der Waals surface area contributed by atoms with Crippen LogP contribution in [-0.4, -0.2) is 52.8 Å². The van der Waals surface area contributed by atoms with Crippen molar-refractivity contribution in [2.24, 2.45) is 4.99 Å². The van der Waals surface area contributed by atoms with Crippen LogP contribution in [0.1, 0.15) is 42.6 Å². The van der Waals surface area contributed by atoms with Gasteiger partial charge in [0, 0.05) is 31.2 Å². The average Bonchev–Trinajstić information content (AvgIpc) is 2.94. The molecule has 2 N–H and O–H groups in total. The summed E-state index contributed by atoms with van der Waals surface area (Å²) < 4.78 is 33.4. The van der Waals surface area contributed by atoms with E-state index < -0.39 is 21.5 Å². The van der Waals surface area contributed by atoms with E-state index >= 15 is 0 Å². The molecule has 0 spiro atoms. The first-order valence-electron chi connectivity index (χ1n) is 10.3. The number of nitrogens with zero attached hydrogens (tertiary/aromatic N) is 2. The number of aliphatic imine (C=N–C) groups is 1. The van der Waals surface area contributed by atoms with Crippen molar-refractivity contribution in [1.29, 1.82) is 0 Å². The number of hydrogen-bond acceptors (Lipinski definition) is 4. The van der Waals surface area contributed by atoms with Crippen LogP contribution in [0.15, 0.2) is 65.7 Å². The molecule has 1 heterocycles. The zero-order valence-electron chi connectivity index (χ0n) is 18.1. The first kappa shape index (κ1) is 23.6. The number of para-hydroxylation sites is 1. The van der Waals surface area contributed by atoms with Gasteiger partial charge in [-0.05, 0) is 32.0 Å². The fourth-order valence-electron chi connectivity index (χ4n) is 4.05. The number of fused-ring (bicyclic) bond motifs is 1. The molecule has 1 aliphatic rings. The predicted octanol–water partition coefficient (Wildman–Crippen LogP) is 4.39. The average molecular weight is 456 g/mol. The molecule has 0 radical (unpaired) electrons. The summed E-state index contributed by atoms with van der Waals surface area (Å²) in [5.41, 5.74) is 2.78. The monoisotopic (exact) mass is 455 g/mol. The molecule has 0 aromatic heterocycles. The third-order valence-corrected chi connectivity index (χ3v) is 6.22. The Morgan fingerprint density at radius 2 is 1.84 bits per heavy atom. The highest BCUT2D eigenvalue weighted by Crippen LogP contribution is 2.42. The normalized spacial score (nSPS) is 15.6. The molecule has 3 rings (SSSR count). The number of benzene rings is 2. The van der Waals surface area contributed by atoms with Gasteiger partial charge in [0.25, 0.3) is 10.1 Å². The van der Waals surface area contributed by atoms with Gasteiger partial charge in [-0.3, -0.25) is 9.55 Å². The Morgan fingerprint density at radius 3 is 2.50 bits per heavy atom. The Labute approximate surface area is 188 Å². The first-order valence-corrected chi connectivity index (χ1v) is 11.9. The van der Waals surface area contributed by atoms with Gasteiger partial charge in [0.2, 0.25) is 5.69 Å². The highest BCUT2D eigenvalue weighted by atomic mass is 32.2. The van der Waals surface area contributed by atoms with E-state index in [1.807, 2.05) is 67.0 Å². The second-order valence-corrected chi connectivity index (χ2v) is 9.66. The van der Waals surface area contributed by atoms with Gasteiger partial charge in [-0.1, -0.05) is 30.3 Å². The molecule has 0 saturated heterocycles. The zero-order valence-corrected chi connectivity index (χ0v) is 18.9. The van der Waals surface area contributed by atoms with Crippen LogP contribution >= 0.6 is 0 Å². The van der Waals surface area contributed by atoms with Crippen LogP contribution in [0.3, 0.4) is 0 Å². The van der Waals surface area contributed by atoms with Crippen LogP contribution in [0.25, 0.3) is 0 Å². The Bertz CT molecular complexity index is 1200. The van der Waals surface area contributed by atoms with E-state index in [0.717, 1.165) is 17.1 Å². The smallest absolute Gasteiger partial charge is 0.336 e. The molecule has 0 atom stereocenters. The maximum Gasteiger partial charge on any atom is 0.336 e. The van der Waals surface area contributed by atoms with Crippen LogP contribution in [0.4, 0.5) is 11.4 Å². The van der Waals surface area contributed by atoms with Crippen molar-refractivity contribution in [3.8, 4) is 0 Å². The predicted molar refractivity (Wildman–Crippen MR) is 126 cm³/mol. The second kappa shape index (κ2) is 9.58. The minimum atomic E-state index is -4.08. The van der Waals surface area contributed by atoms with Crippen LogP contribution in [0.2, 0.25) is 0 Å². The first-order chi connectivity index (χ1) is 15.1.